The third-order valence-electron chi connectivity index (χ3n) is 5.53. The molecule has 1 fully saturated rings. The van der Waals surface area contributed by atoms with Crippen molar-refractivity contribution in [2.45, 2.75) is 61.6 Å². The number of nitrogen functional groups attached to an aromatic ring is 1. The molecule has 1 atom stereocenters. The third-order valence-corrected chi connectivity index (χ3v) is 6.31. The average molecular weight is 456 g/mol. The van der Waals surface area contributed by atoms with Crippen LogP contribution in [0.25, 0.3) is 11.3 Å². The van der Waals surface area contributed by atoms with Crippen molar-refractivity contribution in [2.75, 3.05) is 18.8 Å². The highest BCUT2D eigenvalue weighted by Gasteiger charge is 2.47. The fourth-order valence-corrected chi connectivity index (χ4v) is 4.77. The van der Waals surface area contributed by atoms with E-state index in [-0.39, 0.29) is 34.0 Å². The number of hydrogen-bond donors (Lipinski definition) is 1. The molecule has 4 heterocycles. The first-order chi connectivity index (χ1) is 14.4. The summed E-state index contributed by atoms with van der Waals surface area (Å²) < 4.78 is 45.8. The Bertz CT molecular complexity index is 1020. The normalized spacial score (nSPS) is 21.0. The maximum absolute atomic E-state index is 12.8. The molecule has 2 aliphatic heterocycles. The van der Waals surface area contributed by atoms with Crippen molar-refractivity contribution in [1.82, 2.24) is 19.7 Å². The Balaban J connectivity index is 1.58. The number of carbonyl (C=O) groups excluding carboxylic acids is 1. The van der Waals surface area contributed by atoms with Gasteiger partial charge in [0.15, 0.2) is 0 Å². The van der Waals surface area contributed by atoms with E-state index in [1.54, 1.807) is 4.90 Å². The van der Waals surface area contributed by atoms with Crippen LogP contribution < -0.4 is 5.73 Å². The van der Waals surface area contributed by atoms with Crippen LogP contribution in [0.15, 0.2) is 23.2 Å². The SMILES string of the molecule is CC(C)(C)OC(=O)N1CC[C@@]2(CCn3nc(-c4cnc(N)c(SC(F)(F)F)c4)cc32)C1. The van der Waals surface area contributed by atoms with E-state index in [1.165, 1.54) is 12.3 Å². The van der Waals surface area contributed by atoms with E-state index in [9.17, 15) is 18.0 Å². The number of nitrogens with two attached hydrogens (primary N) is 1. The van der Waals surface area contributed by atoms with Crippen LogP contribution in [0.4, 0.5) is 23.8 Å². The summed E-state index contributed by atoms with van der Waals surface area (Å²) in [6.07, 6.45) is 2.73. The van der Waals surface area contributed by atoms with Crippen LogP contribution in [0.2, 0.25) is 0 Å². The van der Waals surface area contributed by atoms with Gasteiger partial charge in [-0.3, -0.25) is 4.68 Å². The molecule has 168 valence electrons. The molecule has 1 amide bonds. The van der Waals surface area contributed by atoms with Crippen molar-refractivity contribution >= 4 is 23.7 Å². The molecule has 0 saturated carbocycles. The minimum Gasteiger partial charge on any atom is -0.444 e. The predicted molar refractivity (Wildman–Crippen MR) is 111 cm³/mol. The summed E-state index contributed by atoms with van der Waals surface area (Å²) in [5.74, 6) is -0.168. The summed E-state index contributed by atoms with van der Waals surface area (Å²) in [5.41, 5.74) is 2.37. The molecule has 0 bridgehead atoms. The summed E-state index contributed by atoms with van der Waals surface area (Å²) in [6.45, 7) is 7.30. The molecule has 2 aliphatic rings. The molecule has 7 nitrogen and oxygen atoms in total. The lowest BCUT2D eigenvalue weighted by molar-refractivity contribution is -0.0328. The van der Waals surface area contributed by atoms with E-state index in [1.807, 2.05) is 31.5 Å². The second kappa shape index (κ2) is 7.32. The van der Waals surface area contributed by atoms with Crippen molar-refractivity contribution in [2.24, 2.45) is 0 Å². The van der Waals surface area contributed by atoms with Gasteiger partial charge in [0.25, 0.3) is 0 Å². The summed E-state index contributed by atoms with van der Waals surface area (Å²) >= 11 is -0.287. The number of ether oxygens (including phenoxy) is 1. The van der Waals surface area contributed by atoms with E-state index >= 15 is 0 Å². The third kappa shape index (κ3) is 4.46. The largest absolute Gasteiger partial charge is 0.446 e. The fraction of sp³-hybridized carbons (Fsp3) is 0.550. The number of nitrogens with zero attached hydrogens (tertiary/aromatic N) is 4. The van der Waals surface area contributed by atoms with Gasteiger partial charge in [0.2, 0.25) is 0 Å². The monoisotopic (exact) mass is 455 g/mol. The molecule has 1 saturated heterocycles. The zero-order valence-electron chi connectivity index (χ0n) is 17.5. The maximum atomic E-state index is 12.8. The van der Waals surface area contributed by atoms with Crippen molar-refractivity contribution in [3.63, 3.8) is 0 Å². The van der Waals surface area contributed by atoms with Crippen LogP contribution in [0.3, 0.4) is 0 Å². The number of halogens is 3. The number of likely N-dealkylation sites (tertiary alicyclic amines) is 1. The highest BCUT2D eigenvalue weighted by Crippen LogP contribution is 2.45. The number of fused-ring (bicyclic) bond motifs is 2. The number of anilines is 1. The number of amides is 1. The first-order valence-electron chi connectivity index (χ1n) is 9.93. The van der Waals surface area contributed by atoms with Gasteiger partial charge in [0.1, 0.15) is 11.4 Å². The van der Waals surface area contributed by atoms with E-state index in [0.717, 1.165) is 18.5 Å². The molecule has 2 aromatic rings. The molecular weight excluding hydrogens is 431 g/mol. The standard InChI is InChI=1S/C20H24F3N5O2S/c1-18(2,3)30-17(29)27-6-4-19(11-27)5-7-28-15(19)9-13(26-28)12-8-14(16(24)25-10-12)31-20(21,22)23/h8-10H,4-7,11H2,1-3H3,(H2,24,25)/t19-/m1/s1. The highest BCUT2D eigenvalue weighted by atomic mass is 32.2. The number of aryl methyl sites for hydroxylation is 1. The number of carbonyl (C=O) groups is 1. The van der Waals surface area contributed by atoms with Crippen LogP contribution >= 0.6 is 11.8 Å². The number of hydrogen-bond acceptors (Lipinski definition) is 6. The lowest BCUT2D eigenvalue weighted by Gasteiger charge is -2.26. The molecule has 31 heavy (non-hydrogen) atoms. The molecule has 0 unspecified atom stereocenters. The molecule has 11 heteroatoms. The molecular formula is C20H24F3N5O2S. The maximum Gasteiger partial charge on any atom is 0.446 e. The molecule has 1 spiro atoms. The summed E-state index contributed by atoms with van der Waals surface area (Å²) in [4.78, 5) is 18.0. The zero-order valence-corrected chi connectivity index (χ0v) is 18.3. The van der Waals surface area contributed by atoms with E-state index in [0.29, 0.717) is 30.9 Å². The highest BCUT2D eigenvalue weighted by molar-refractivity contribution is 8.00. The van der Waals surface area contributed by atoms with Crippen LogP contribution in [0.5, 0.6) is 0 Å². The van der Waals surface area contributed by atoms with Crippen molar-refractivity contribution in [3.8, 4) is 11.3 Å². The Hall–Kier alpha value is -2.43. The first-order valence-corrected chi connectivity index (χ1v) is 10.7. The lowest BCUT2D eigenvalue weighted by Crippen LogP contribution is -2.37. The summed E-state index contributed by atoms with van der Waals surface area (Å²) in [6, 6.07) is 3.26. The number of thioether (sulfide) groups is 1. The molecule has 2 N–H and O–H groups in total. The van der Waals surface area contributed by atoms with E-state index < -0.39 is 11.1 Å². The molecule has 0 radical (unpaired) electrons. The fourth-order valence-electron chi connectivity index (χ4n) is 4.17. The smallest absolute Gasteiger partial charge is 0.444 e. The number of alkyl halides is 3. The van der Waals surface area contributed by atoms with E-state index in [2.05, 4.69) is 10.1 Å². The van der Waals surface area contributed by atoms with Crippen LogP contribution in [-0.4, -0.2) is 50.0 Å². The molecule has 0 aliphatic carbocycles. The summed E-state index contributed by atoms with van der Waals surface area (Å²) in [5, 5.41) is 4.59. The minimum absolute atomic E-state index is 0.148. The van der Waals surface area contributed by atoms with E-state index in [4.69, 9.17) is 10.5 Å². The van der Waals surface area contributed by atoms with Gasteiger partial charge in [-0.25, -0.2) is 9.78 Å². The predicted octanol–water partition coefficient (Wildman–Crippen LogP) is 4.42. The van der Waals surface area contributed by atoms with Gasteiger partial charge in [-0.1, -0.05) is 0 Å². The second-order valence-corrected chi connectivity index (χ2v) is 10.1. The van der Waals surface area contributed by atoms with Gasteiger partial charge in [-0.05, 0) is 57.5 Å². The Labute approximate surface area is 182 Å². The number of rotatable bonds is 2. The first kappa shape index (κ1) is 21.8. The lowest BCUT2D eigenvalue weighted by atomic mass is 9.82. The molecule has 2 aromatic heterocycles. The van der Waals surface area contributed by atoms with Crippen molar-refractivity contribution in [1.29, 1.82) is 0 Å². The Morgan fingerprint density at radius 3 is 2.61 bits per heavy atom. The Morgan fingerprint density at radius 2 is 1.94 bits per heavy atom. The van der Waals surface area contributed by atoms with Crippen LogP contribution in [-0.2, 0) is 16.7 Å². The number of pyridine rings is 1. The Kier molecular flexibility index (Phi) is 5.14. The quantitative estimate of drug-likeness (QED) is 0.675. The van der Waals surface area contributed by atoms with Gasteiger partial charge in [-0.2, -0.15) is 18.3 Å². The zero-order chi connectivity index (χ0) is 22.6. The summed E-state index contributed by atoms with van der Waals surface area (Å²) in [7, 11) is 0. The van der Waals surface area contributed by atoms with Gasteiger partial charge in [0.05, 0.1) is 10.6 Å². The Morgan fingerprint density at radius 1 is 1.23 bits per heavy atom. The second-order valence-electron chi connectivity index (χ2n) is 8.98. The van der Waals surface area contributed by atoms with Crippen molar-refractivity contribution in [3.05, 3.63) is 24.0 Å². The van der Waals surface area contributed by atoms with Gasteiger partial charge in [-0.15, -0.1) is 0 Å². The van der Waals surface area contributed by atoms with Gasteiger partial charge < -0.3 is 15.4 Å². The molecule has 4 rings (SSSR count). The molecule has 0 aromatic carbocycles. The van der Waals surface area contributed by atoms with Gasteiger partial charge in [0, 0.05) is 42.5 Å². The van der Waals surface area contributed by atoms with Crippen molar-refractivity contribution < 1.29 is 22.7 Å². The van der Waals surface area contributed by atoms with Crippen LogP contribution in [0, 0.1) is 0 Å². The average Bonchev–Trinajstić information content (AvgIpc) is 3.31. The number of aromatic nitrogens is 3. The minimum atomic E-state index is -4.45. The topological polar surface area (TPSA) is 86.3 Å². The van der Waals surface area contributed by atoms with Gasteiger partial charge >= 0.3 is 11.6 Å². The van der Waals surface area contributed by atoms with Crippen LogP contribution in [0.1, 0.15) is 39.3 Å².